The fourth-order valence-electron chi connectivity index (χ4n) is 1.45. The number of benzene rings is 1. The van der Waals surface area contributed by atoms with E-state index in [0.717, 1.165) is 31.7 Å². The Morgan fingerprint density at radius 2 is 1.89 bits per heavy atom. The normalized spacial score (nSPS) is 10.8. The van der Waals surface area contributed by atoms with Crippen molar-refractivity contribution in [3.05, 3.63) is 33.8 Å². The molecule has 3 nitrogen and oxygen atoms in total. The molecule has 102 valence electrons. The molecule has 0 saturated heterocycles. The molecule has 0 aromatic heterocycles. The standard InChI is InChI=1S/C13H19Cl2NO2/c1-17-8-5-16-6-9-18-7-4-11-2-3-12(14)10-13(11)15/h2-3,10,16H,4-9H2,1H3. The third-order valence-electron chi connectivity index (χ3n) is 2.44. The van der Waals surface area contributed by atoms with Gasteiger partial charge < -0.3 is 14.8 Å². The first-order valence-electron chi connectivity index (χ1n) is 5.95. The Balaban J connectivity index is 2.07. The Kier molecular flexibility index (Phi) is 8.38. The van der Waals surface area contributed by atoms with E-state index >= 15 is 0 Å². The third-order valence-corrected chi connectivity index (χ3v) is 3.02. The van der Waals surface area contributed by atoms with E-state index < -0.39 is 0 Å². The highest BCUT2D eigenvalue weighted by atomic mass is 35.5. The average molecular weight is 292 g/mol. The molecule has 1 rings (SSSR count). The van der Waals surface area contributed by atoms with Gasteiger partial charge in [0.1, 0.15) is 0 Å². The highest BCUT2D eigenvalue weighted by molar-refractivity contribution is 6.35. The van der Waals surface area contributed by atoms with Crippen molar-refractivity contribution in [1.82, 2.24) is 5.32 Å². The minimum absolute atomic E-state index is 0.659. The summed E-state index contributed by atoms with van der Waals surface area (Å²) in [5.41, 5.74) is 1.06. The van der Waals surface area contributed by atoms with Crippen molar-refractivity contribution in [2.75, 3.05) is 40.0 Å². The summed E-state index contributed by atoms with van der Waals surface area (Å²) < 4.78 is 10.4. The maximum absolute atomic E-state index is 6.06. The van der Waals surface area contributed by atoms with Gasteiger partial charge in [-0.25, -0.2) is 0 Å². The summed E-state index contributed by atoms with van der Waals surface area (Å²) in [5.74, 6) is 0. The minimum atomic E-state index is 0.659. The van der Waals surface area contributed by atoms with Gasteiger partial charge in [0.15, 0.2) is 0 Å². The topological polar surface area (TPSA) is 30.5 Å². The van der Waals surface area contributed by atoms with Crippen LogP contribution in [0.3, 0.4) is 0 Å². The van der Waals surface area contributed by atoms with Crippen LogP contribution in [0.2, 0.25) is 10.0 Å². The molecular weight excluding hydrogens is 273 g/mol. The predicted octanol–water partition coefficient (Wildman–Crippen LogP) is 2.79. The van der Waals surface area contributed by atoms with Crippen molar-refractivity contribution in [3.63, 3.8) is 0 Å². The van der Waals surface area contributed by atoms with Crippen LogP contribution in [-0.2, 0) is 15.9 Å². The number of methoxy groups -OCH3 is 1. The molecule has 0 radical (unpaired) electrons. The Labute approximate surface area is 118 Å². The molecule has 0 aliphatic carbocycles. The largest absolute Gasteiger partial charge is 0.383 e. The first-order valence-corrected chi connectivity index (χ1v) is 6.71. The quantitative estimate of drug-likeness (QED) is 0.710. The summed E-state index contributed by atoms with van der Waals surface area (Å²) in [4.78, 5) is 0. The summed E-state index contributed by atoms with van der Waals surface area (Å²) in [6, 6.07) is 5.53. The molecule has 0 saturated carbocycles. The van der Waals surface area contributed by atoms with Gasteiger partial charge in [-0.05, 0) is 24.1 Å². The van der Waals surface area contributed by atoms with Crippen LogP contribution in [-0.4, -0.2) is 40.0 Å². The zero-order valence-corrected chi connectivity index (χ0v) is 12.1. The summed E-state index contributed by atoms with van der Waals surface area (Å²) in [6.45, 7) is 3.75. The highest BCUT2D eigenvalue weighted by Gasteiger charge is 2.01. The van der Waals surface area contributed by atoms with Gasteiger partial charge >= 0.3 is 0 Å². The maximum Gasteiger partial charge on any atom is 0.0591 e. The Morgan fingerprint density at radius 1 is 1.11 bits per heavy atom. The van der Waals surface area contributed by atoms with Crippen molar-refractivity contribution in [1.29, 1.82) is 0 Å². The van der Waals surface area contributed by atoms with E-state index in [1.807, 2.05) is 12.1 Å². The van der Waals surface area contributed by atoms with Gasteiger partial charge in [-0.3, -0.25) is 0 Å². The molecule has 1 aromatic carbocycles. The molecule has 0 atom stereocenters. The lowest BCUT2D eigenvalue weighted by Gasteiger charge is -2.07. The van der Waals surface area contributed by atoms with Gasteiger partial charge in [0.05, 0.1) is 19.8 Å². The van der Waals surface area contributed by atoms with E-state index in [1.165, 1.54) is 0 Å². The second-order valence-corrected chi connectivity index (χ2v) is 4.68. The van der Waals surface area contributed by atoms with Crippen LogP contribution in [0.1, 0.15) is 5.56 Å². The third kappa shape index (κ3) is 6.57. The van der Waals surface area contributed by atoms with E-state index in [1.54, 1.807) is 13.2 Å². The highest BCUT2D eigenvalue weighted by Crippen LogP contribution is 2.21. The molecular formula is C13H19Cl2NO2. The number of ether oxygens (including phenoxy) is 2. The summed E-state index contributed by atoms with van der Waals surface area (Å²) in [5, 5.41) is 4.57. The van der Waals surface area contributed by atoms with Crippen LogP contribution in [0, 0.1) is 0 Å². The maximum atomic E-state index is 6.06. The summed E-state index contributed by atoms with van der Waals surface area (Å²) in [6.07, 6.45) is 0.800. The Bertz CT molecular complexity index is 348. The van der Waals surface area contributed by atoms with Gasteiger partial charge in [-0.2, -0.15) is 0 Å². The monoisotopic (exact) mass is 291 g/mol. The van der Waals surface area contributed by atoms with Gasteiger partial charge in [0, 0.05) is 30.2 Å². The molecule has 18 heavy (non-hydrogen) atoms. The van der Waals surface area contributed by atoms with Gasteiger partial charge in [-0.15, -0.1) is 0 Å². The second kappa shape index (κ2) is 9.59. The molecule has 0 aliphatic heterocycles. The molecule has 0 aliphatic rings. The zero-order chi connectivity index (χ0) is 13.2. The van der Waals surface area contributed by atoms with Crippen LogP contribution in [0.4, 0.5) is 0 Å². The van der Waals surface area contributed by atoms with E-state index in [4.69, 9.17) is 32.7 Å². The molecule has 0 amide bonds. The van der Waals surface area contributed by atoms with Crippen LogP contribution in [0.25, 0.3) is 0 Å². The van der Waals surface area contributed by atoms with E-state index in [0.29, 0.717) is 23.3 Å². The predicted molar refractivity (Wildman–Crippen MR) is 75.7 cm³/mol. The first kappa shape index (κ1) is 15.7. The lowest BCUT2D eigenvalue weighted by molar-refractivity contribution is 0.135. The SMILES string of the molecule is COCCNCCOCCc1ccc(Cl)cc1Cl. The van der Waals surface area contributed by atoms with Crippen molar-refractivity contribution in [3.8, 4) is 0 Å². The minimum Gasteiger partial charge on any atom is -0.383 e. The molecule has 1 N–H and O–H groups in total. The Morgan fingerprint density at radius 3 is 2.61 bits per heavy atom. The lowest BCUT2D eigenvalue weighted by atomic mass is 10.2. The molecule has 0 spiro atoms. The van der Waals surface area contributed by atoms with E-state index in [-0.39, 0.29) is 0 Å². The lowest BCUT2D eigenvalue weighted by Crippen LogP contribution is -2.23. The second-order valence-electron chi connectivity index (χ2n) is 3.84. The summed E-state index contributed by atoms with van der Waals surface area (Å²) in [7, 11) is 1.69. The first-order chi connectivity index (χ1) is 8.74. The van der Waals surface area contributed by atoms with E-state index in [9.17, 15) is 0 Å². The number of rotatable bonds is 9. The molecule has 0 unspecified atom stereocenters. The molecule has 0 heterocycles. The Hall–Kier alpha value is -0.320. The summed E-state index contributed by atoms with van der Waals surface area (Å²) >= 11 is 11.9. The number of nitrogens with one attached hydrogen (secondary N) is 1. The van der Waals surface area contributed by atoms with Gasteiger partial charge in [0.2, 0.25) is 0 Å². The number of halogens is 2. The zero-order valence-electron chi connectivity index (χ0n) is 10.5. The van der Waals surface area contributed by atoms with Gasteiger partial charge in [0.25, 0.3) is 0 Å². The number of hydrogen-bond acceptors (Lipinski definition) is 3. The van der Waals surface area contributed by atoms with Crippen molar-refractivity contribution in [2.24, 2.45) is 0 Å². The van der Waals surface area contributed by atoms with Gasteiger partial charge in [-0.1, -0.05) is 29.3 Å². The fourth-order valence-corrected chi connectivity index (χ4v) is 1.96. The van der Waals surface area contributed by atoms with Crippen molar-refractivity contribution < 1.29 is 9.47 Å². The molecule has 1 aromatic rings. The molecule has 0 fully saturated rings. The smallest absolute Gasteiger partial charge is 0.0591 e. The molecule has 0 bridgehead atoms. The van der Waals surface area contributed by atoms with Crippen LogP contribution >= 0.6 is 23.2 Å². The average Bonchev–Trinajstić information content (AvgIpc) is 2.35. The fraction of sp³-hybridized carbons (Fsp3) is 0.538. The van der Waals surface area contributed by atoms with E-state index in [2.05, 4.69) is 5.32 Å². The van der Waals surface area contributed by atoms with Crippen LogP contribution in [0.5, 0.6) is 0 Å². The number of hydrogen-bond donors (Lipinski definition) is 1. The van der Waals surface area contributed by atoms with Crippen molar-refractivity contribution >= 4 is 23.2 Å². The van der Waals surface area contributed by atoms with Crippen LogP contribution < -0.4 is 5.32 Å². The molecule has 5 heteroatoms. The van der Waals surface area contributed by atoms with Crippen molar-refractivity contribution in [2.45, 2.75) is 6.42 Å². The van der Waals surface area contributed by atoms with Crippen LogP contribution in [0.15, 0.2) is 18.2 Å².